The number of aromatic nitrogens is 6. The normalized spacial score (nSPS) is 25.5. The fraction of sp³-hybridized carbons (Fsp3) is 0.542. The number of ether oxygens (including phenoxy) is 1. The van der Waals surface area contributed by atoms with Gasteiger partial charge in [-0.3, -0.25) is 19.7 Å². The first kappa shape index (κ1) is 23.9. The van der Waals surface area contributed by atoms with Crippen molar-refractivity contribution in [3.8, 4) is 0 Å². The van der Waals surface area contributed by atoms with Crippen LogP contribution in [0.3, 0.4) is 0 Å². The van der Waals surface area contributed by atoms with E-state index in [1.807, 2.05) is 23.9 Å². The highest BCUT2D eigenvalue weighted by Crippen LogP contribution is 2.36. The van der Waals surface area contributed by atoms with Crippen molar-refractivity contribution in [2.45, 2.75) is 63.1 Å². The number of tetrazole rings is 1. The largest absolute Gasteiger partial charge is 0.365 e. The summed E-state index contributed by atoms with van der Waals surface area (Å²) in [4.78, 5) is 15.3. The van der Waals surface area contributed by atoms with Gasteiger partial charge in [-0.05, 0) is 68.0 Å². The number of benzene rings is 1. The maximum atomic E-state index is 12.9. The van der Waals surface area contributed by atoms with E-state index < -0.39 is 6.10 Å². The highest BCUT2D eigenvalue weighted by atomic mass is 35.5. The lowest BCUT2D eigenvalue weighted by Gasteiger charge is -2.45. The number of nitrogens with one attached hydrogen (secondary N) is 2. The Morgan fingerprint density at radius 2 is 2.00 bits per heavy atom. The topological polar surface area (TPSA) is 114 Å². The molecule has 11 heteroatoms. The van der Waals surface area contributed by atoms with E-state index in [1.54, 1.807) is 0 Å². The van der Waals surface area contributed by atoms with Gasteiger partial charge >= 0.3 is 0 Å². The van der Waals surface area contributed by atoms with Crippen LogP contribution >= 0.6 is 11.6 Å². The molecule has 2 aromatic heterocycles. The number of nitrogens with zero attached hydrogens (tertiary/aromatic N) is 6. The fourth-order valence-corrected chi connectivity index (χ4v) is 5.41. The van der Waals surface area contributed by atoms with Crippen LogP contribution in [0.2, 0.25) is 5.02 Å². The van der Waals surface area contributed by atoms with Crippen molar-refractivity contribution in [3.05, 3.63) is 52.3 Å². The SMILES string of the molecule is Cc1cc(C2CCC(N3C[C@H](C(=O)Nc4nn[nH]n4)OC[C@@H]3Cc3ccc(Cl)cc3)CC2)nn1C. The molecule has 186 valence electrons. The molecule has 3 heterocycles. The van der Waals surface area contributed by atoms with Crippen LogP contribution in [0.1, 0.15) is 48.6 Å². The van der Waals surface area contributed by atoms with Crippen LogP contribution in [0.15, 0.2) is 30.3 Å². The molecule has 1 amide bonds. The number of halogens is 1. The first-order chi connectivity index (χ1) is 17.0. The first-order valence-electron chi connectivity index (χ1n) is 12.1. The van der Waals surface area contributed by atoms with Gasteiger partial charge in [-0.1, -0.05) is 28.8 Å². The molecule has 2 atom stereocenters. The van der Waals surface area contributed by atoms with E-state index in [0.29, 0.717) is 25.1 Å². The van der Waals surface area contributed by atoms with Crippen molar-refractivity contribution in [3.63, 3.8) is 0 Å². The molecular formula is C24H31ClN8O2. The highest BCUT2D eigenvalue weighted by Gasteiger charge is 2.38. The van der Waals surface area contributed by atoms with Gasteiger partial charge in [0.25, 0.3) is 11.9 Å². The third-order valence-electron chi connectivity index (χ3n) is 7.31. The number of anilines is 1. The second-order valence-corrected chi connectivity index (χ2v) is 10.0. The fourth-order valence-electron chi connectivity index (χ4n) is 5.29. The number of morpholine rings is 1. The quantitative estimate of drug-likeness (QED) is 0.537. The lowest BCUT2D eigenvalue weighted by Crippen LogP contribution is -2.57. The van der Waals surface area contributed by atoms with Crippen molar-refractivity contribution >= 4 is 23.5 Å². The molecule has 3 aromatic rings. The van der Waals surface area contributed by atoms with Crippen molar-refractivity contribution in [2.24, 2.45) is 7.05 Å². The number of rotatable bonds is 6. The Morgan fingerprint density at radius 3 is 2.66 bits per heavy atom. The average molecular weight is 499 g/mol. The van der Waals surface area contributed by atoms with Crippen LogP contribution in [0, 0.1) is 6.92 Å². The van der Waals surface area contributed by atoms with Crippen molar-refractivity contribution in [1.29, 1.82) is 0 Å². The summed E-state index contributed by atoms with van der Waals surface area (Å²) in [7, 11) is 2.00. The van der Waals surface area contributed by atoms with Gasteiger partial charge in [-0.25, -0.2) is 0 Å². The van der Waals surface area contributed by atoms with E-state index in [2.05, 4.69) is 56.0 Å². The van der Waals surface area contributed by atoms with Crippen LogP contribution in [0.5, 0.6) is 0 Å². The smallest absolute Gasteiger partial charge is 0.269 e. The monoisotopic (exact) mass is 498 g/mol. The van der Waals surface area contributed by atoms with Gasteiger partial charge in [0.15, 0.2) is 0 Å². The van der Waals surface area contributed by atoms with Gasteiger partial charge in [0.05, 0.1) is 12.3 Å². The Balaban J connectivity index is 1.28. The molecule has 0 bridgehead atoms. The minimum Gasteiger partial charge on any atom is -0.365 e. The summed E-state index contributed by atoms with van der Waals surface area (Å²) in [5, 5.41) is 21.6. The van der Waals surface area contributed by atoms with E-state index >= 15 is 0 Å². The number of carbonyl (C=O) groups excluding carboxylic acids is 1. The number of aromatic amines is 1. The molecule has 1 aliphatic carbocycles. The molecule has 2 N–H and O–H groups in total. The minimum atomic E-state index is -0.592. The number of carbonyl (C=O) groups is 1. The van der Waals surface area contributed by atoms with Crippen LogP contribution < -0.4 is 5.32 Å². The molecule has 0 radical (unpaired) electrons. The van der Waals surface area contributed by atoms with Gasteiger partial charge in [0, 0.05) is 42.3 Å². The zero-order valence-corrected chi connectivity index (χ0v) is 20.8. The predicted molar refractivity (Wildman–Crippen MR) is 131 cm³/mol. The van der Waals surface area contributed by atoms with E-state index in [-0.39, 0.29) is 17.9 Å². The molecular weight excluding hydrogens is 468 g/mol. The number of amides is 1. The van der Waals surface area contributed by atoms with Crippen molar-refractivity contribution < 1.29 is 9.53 Å². The highest BCUT2D eigenvalue weighted by molar-refractivity contribution is 6.30. The molecule has 0 unspecified atom stereocenters. The summed E-state index contributed by atoms with van der Waals surface area (Å²) < 4.78 is 8.00. The summed E-state index contributed by atoms with van der Waals surface area (Å²) in [5.74, 6) is 0.387. The Hall–Kier alpha value is -2.82. The molecule has 2 aliphatic rings. The number of hydrogen-bond acceptors (Lipinski definition) is 7. The third-order valence-corrected chi connectivity index (χ3v) is 7.56. The second kappa shape index (κ2) is 10.4. The van der Waals surface area contributed by atoms with E-state index in [4.69, 9.17) is 21.4 Å². The molecule has 1 saturated carbocycles. The number of hydrogen-bond donors (Lipinski definition) is 2. The van der Waals surface area contributed by atoms with E-state index in [1.165, 1.54) is 17.0 Å². The molecule has 1 saturated heterocycles. The van der Waals surface area contributed by atoms with E-state index in [0.717, 1.165) is 37.1 Å². The third kappa shape index (κ3) is 5.55. The zero-order chi connectivity index (χ0) is 24.4. The summed E-state index contributed by atoms with van der Waals surface area (Å²) in [5.41, 5.74) is 3.59. The van der Waals surface area contributed by atoms with Crippen LogP contribution in [0.25, 0.3) is 0 Å². The maximum Gasteiger partial charge on any atom is 0.269 e. The number of aryl methyl sites for hydroxylation is 2. The maximum absolute atomic E-state index is 12.9. The summed E-state index contributed by atoms with van der Waals surface area (Å²) in [6, 6.07) is 10.8. The standard InChI is InChI=1S/C24H31ClN8O2/c1-15-11-21(29-32(15)2)17-5-9-19(10-6-17)33-13-22(23(34)26-24-27-30-31-28-24)35-14-20(33)12-16-3-7-18(25)8-4-16/h3-4,7-8,11,17,19-20,22H,5-6,9-10,12-14H2,1-2H3,(H2,26,27,28,30,31,34)/t17?,19?,20-,22+/m0/s1. The molecule has 5 rings (SSSR count). The summed E-state index contributed by atoms with van der Waals surface area (Å²) in [6.45, 7) is 3.10. The second-order valence-electron chi connectivity index (χ2n) is 9.57. The van der Waals surface area contributed by atoms with Gasteiger partial charge in [-0.2, -0.15) is 10.3 Å². The van der Waals surface area contributed by atoms with E-state index in [9.17, 15) is 4.79 Å². The molecule has 1 aromatic carbocycles. The number of H-pyrrole nitrogens is 1. The summed E-state index contributed by atoms with van der Waals surface area (Å²) >= 11 is 6.09. The Kier molecular flexibility index (Phi) is 7.12. The molecule has 2 fully saturated rings. The van der Waals surface area contributed by atoms with Gasteiger partial charge in [0.2, 0.25) is 0 Å². The molecule has 0 spiro atoms. The lowest BCUT2D eigenvalue weighted by atomic mass is 9.82. The van der Waals surface area contributed by atoms with Gasteiger partial charge in [0.1, 0.15) is 6.10 Å². The Bertz CT molecular complexity index is 1110. The van der Waals surface area contributed by atoms with Gasteiger partial charge in [-0.15, -0.1) is 5.10 Å². The van der Waals surface area contributed by atoms with Crippen LogP contribution in [-0.2, 0) is 23.0 Å². The average Bonchev–Trinajstić information content (AvgIpc) is 3.50. The Morgan fingerprint density at radius 1 is 1.23 bits per heavy atom. The molecule has 10 nitrogen and oxygen atoms in total. The zero-order valence-electron chi connectivity index (χ0n) is 20.0. The molecule has 1 aliphatic heterocycles. The minimum absolute atomic E-state index is 0.152. The van der Waals surface area contributed by atoms with Crippen LogP contribution in [0.4, 0.5) is 5.95 Å². The van der Waals surface area contributed by atoms with Crippen LogP contribution in [-0.4, -0.2) is 72.6 Å². The first-order valence-corrected chi connectivity index (χ1v) is 12.5. The predicted octanol–water partition coefficient (Wildman–Crippen LogP) is 2.87. The van der Waals surface area contributed by atoms with Crippen molar-refractivity contribution in [2.75, 3.05) is 18.5 Å². The molecule has 35 heavy (non-hydrogen) atoms. The van der Waals surface area contributed by atoms with Gasteiger partial charge < -0.3 is 4.74 Å². The van der Waals surface area contributed by atoms with Crippen molar-refractivity contribution in [1.82, 2.24) is 35.3 Å². The summed E-state index contributed by atoms with van der Waals surface area (Å²) in [6.07, 6.45) is 4.56. The Labute approximate surface area is 209 Å². The lowest BCUT2D eigenvalue weighted by molar-refractivity contribution is -0.140.